The summed E-state index contributed by atoms with van der Waals surface area (Å²) in [7, 11) is -3.89. The van der Waals surface area contributed by atoms with Crippen LogP contribution in [0, 0.1) is 10.1 Å². The standard InChI is InChI=1S/C14H12F2N2O4S2/c15-14(16)23-12-7-5-11(6-8-12)17-24(21,22)9-10-3-1-2-4-13(10)18(19)20/h1-8,14,17H,9H2. The van der Waals surface area contributed by atoms with Crippen LogP contribution in [0.4, 0.5) is 20.2 Å². The van der Waals surface area contributed by atoms with Gasteiger partial charge >= 0.3 is 0 Å². The molecule has 10 heteroatoms. The average molecular weight is 374 g/mol. The Morgan fingerprint density at radius 2 is 1.75 bits per heavy atom. The zero-order valence-electron chi connectivity index (χ0n) is 12.1. The SMILES string of the molecule is O=[N+]([O-])c1ccccc1CS(=O)(=O)Nc1ccc(SC(F)F)cc1. The smallest absolute Gasteiger partial charge is 0.283 e. The summed E-state index contributed by atoms with van der Waals surface area (Å²) in [5, 5.41) is 10.9. The minimum atomic E-state index is -3.89. The second-order valence-electron chi connectivity index (χ2n) is 4.65. The molecular formula is C14H12F2N2O4S2. The molecule has 0 amide bonds. The zero-order valence-corrected chi connectivity index (χ0v) is 13.7. The molecule has 24 heavy (non-hydrogen) atoms. The molecule has 0 spiro atoms. The van der Waals surface area contributed by atoms with Crippen LogP contribution in [0.25, 0.3) is 0 Å². The van der Waals surface area contributed by atoms with E-state index in [1.165, 1.54) is 48.5 Å². The van der Waals surface area contributed by atoms with Gasteiger partial charge in [-0.05, 0) is 24.3 Å². The fourth-order valence-electron chi connectivity index (χ4n) is 1.94. The van der Waals surface area contributed by atoms with Gasteiger partial charge in [-0.1, -0.05) is 30.0 Å². The van der Waals surface area contributed by atoms with Crippen molar-refractivity contribution in [1.82, 2.24) is 0 Å². The van der Waals surface area contributed by atoms with E-state index in [1.54, 1.807) is 0 Å². The van der Waals surface area contributed by atoms with Crippen LogP contribution in [0.1, 0.15) is 5.56 Å². The summed E-state index contributed by atoms with van der Waals surface area (Å²) in [5.41, 5.74) is -0.0429. The van der Waals surface area contributed by atoms with E-state index < -0.39 is 26.5 Å². The van der Waals surface area contributed by atoms with E-state index in [4.69, 9.17) is 0 Å². The summed E-state index contributed by atoms with van der Waals surface area (Å²) in [6, 6.07) is 11.0. The number of nitrogens with one attached hydrogen (secondary N) is 1. The lowest BCUT2D eigenvalue weighted by atomic mass is 10.2. The molecule has 0 aromatic heterocycles. The van der Waals surface area contributed by atoms with Crippen LogP contribution in [0.3, 0.4) is 0 Å². The summed E-state index contributed by atoms with van der Waals surface area (Å²) in [6.07, 6.45) is 0. The largest absolute Gasteiger partial charge is 0.288 e. The number of alkyl halides is 2. The lowest BCUT2D eigenvalue weighted by Gasteiger charge is -2.09. The molecule has 0 bridgehead atoms. The van der Waals surface area contributed by atoms with E-state index in [9.17, 15) is 27.3 Å². The highest BCUT2D eigenvalue weighted by Crippen LogP contribution is 2.27. The van der Waals surface area contributed by atoms with Crippen molar-refractivity contribution in [1.29, 1.82) is 0 Å². The summed E-state index contributed by atoms with van der Waals surface area (Å²) in [6.45, 7) is 0. The van der Waals surface area contributed by atoms with E-state index >= 15 is 0 Å². The number of nitro benzene ring substituents is 1. The first-order valence-electron chi connectivity index (χ1n) is 6.54. The van der Waals surface area contributed by atoms with Crippen LogP contribution in [-0.2, 0) is 15.8 Å². The maximum absolute atomic E-state index is 12.2. The number of rotatable bonds is 7. The monoisotopic (exact) mass is 374 g/mol. The fraction of sp³-hybridized carbons (Fsp3) is 0.143. The Hall–Kier alpha value is -2.20. The van der Waals surface area contributed by atoms with Crippen LogP contribution in [0.5, 0.6) is 0 Å². The van der Waals surface area contributed by atoms with Crippen molar-refractivity contribution in [2.24, 2.45) is 0 Å². The van der Waals surface area contributed by atoms with Gasteiger partial charge in [0.1, 0.15) is 5.75 Å². The maximum Gasteiger partial charge on any atom is 0.288 e. The van der Waals surface area contributed by atoms with Crippen LogP contribution in [0.15, 0.2) is 53.4 Å². The third kappa shape index (κ3) is 5.17. The van der Waals surface area contributed by atoms with E-state index in [0.717, 1.165) is 0 Å². The Balaban J connectivity index is 2.13. The number of halogens is 2. The highest BCUT2D eigenvalue weighted by molar-refractivity contribution is 7.99. The number of sulfonamides is 1. The van der Waals surface area contributed by atoms with Crippen molar-refractivity contribution in [2.75, 3.05) is 4.72 Å². The maximum atomic E-state index is 12.2. The number of nitro groups is 1. The van der Waals surface area contributed by atoms with Crippen molar-refractivity contribution in [3.05, 3.63) is 64.2 Å². The minimum absolute atomic E-state index is 0.0554. The molecule has 2 rings (SSSR count). The normalized spacial score (nSPS) is 11.5. The first kappa shape index (κ1) is 18.1. The topological polar surface area (TPSA) is 89.3 Å². The average Bonchev–Trinajstić information content (AvgIpc) is 2.48. The fourth-order valence-corrected chi connectivity index (χ4v) is 3.66. The van der Waals surface area contributed by atoms with Crippen LogP contribution >= 0.6 is 11.8 Å². The summed E-state index contributed by atoms with van der Waals surface area (Å²) < 4.78 is 51.0. The third-order valence-corrected chi connectivity index (χ3v) is 4.85. The van der Waals surface area contributed by atoms with Gasteiger partial charge in [-0.15, -0.1) is 0 Å². The Morgan fingerprint density at radius 1 is 1.12 bits per heavy atom. The number of anilines is 1. The van der Waals surface area contributed by atoms with Gasteiger partial charge in [-0.25, -0.2) is 8.42 Å². The molecule has 0 atom stereocenters. The molecular weight excluding hydrogens is 362 g/mol. The molecule has 2 aromatic carbocycles. The molecule has 0 heterocycles. The minimum Gasteiger partial charge on any atom is -0.283 e. The van der Waals surface area contributed by atoms with Crippen molar-refractivity contribution >= 4 is 33.2 Å². The van der Waals surface area contributed by atoms with E-state index in [-0.39, 0.29) is 16.9 Å². The van der Waals surface area contributed by atoms with Gasteiger partial charge in [-0.2, -0.15) is 8.78 Å². The van der Waals surface area contributed by atoms with Gasteiger partial charge in [0.05, 0.1) is 4.92 Å². The van der Waals surface area contributed by atoms with Crippen molar-refractivity contribution in [3.8, 4) is 0 Å². The molecule has 0 saturated carbocycles. The van der Waals surface area contributed by atoms with E-state index in [0.29, 0.717) is 16.7 Å². The predicted molar refractivity (Wildman–Crippen MR) is 87.6 cm³/mol. The van der Waals surface area contributed by atoms with Gasteiger partial charge < -0.3 is 0 Å². The molecule has 0 fully saturated rings. The Labute approximate surface area is 141 Å². The van der Waals surface area contributed by atoms with Gasteiger partial charge in [0, 0.05) is 22.2 Å². The zero-order chi connectivity index (χ0) is 17.7. The molecule has 2 aromatic rings. The first-order chi connectivity index (χ1) is 11.3. The third-order valence-electron chi connectivity index (χ3n) is 2.89. The van der Waals surface area contributed by atoms with Crippen molar-refractivity contribution in [2.45, 2.75) is 16.4 Å². The quantitative estimate of drug-likeness (QED) is 0.452. The van der Waals surface area contributed by atoms with Gasteiger partial charge in [0.15, 0.2) is 0 Å². The molecule has 0 aliphatic rings. The molecule has 0 aliphatic carbocycles. The van der Waals surface area contributed by atoms with Gasteiger partial charge in [0.2, 0.25) is 10.0 Å². The molecule has 0 unspecified atom stereocenters. The van der Waals surface area contributed by atoms with Crippen molar-refractivity contribution < 1.29 is 22.1 Å². The highest BCUT2D eigenvalue weighted by atomic mass is 32.2. The van der Waals surface area contributed by atoms with Crippen LogP contribution < -0.4 is 4.72 Å². The Bertz CT molecular complexity index is 827. The number of hydrogen-bond acceptors (Lipinski definition) is 5. The van der Waals surface area contributed by atoms with Gasteiger partial charge in [0.25, 0.3) is 11.4 Å². The number of benzene rings is 2. The summed E-state index contributed by atoms with van der Waals surface area (Å²) in [5.74, 6) is -3.14. The molecule has 0 aliphatic heterocycles. The lowest BCUT2D eigenvalue weighted by Crippen LogP contribution is -2.15. The van der Waals surface area contributed by atoms with E-state index in [2.05, 4.69) is 4.72 Å². The van der Waals surface area contributed by atoms with Crippen molar-refractivity contribution in [3.63, 3.8) is 0 Å². The van der Waals surface area contributed by atoms with Gasteiger partial charge in [-0.3, -0.25) is 14.8 Å². The van der Waals surface area contributed by atoms with E-state index in [1.807, 2.05) is 0 Å². The molecule has 128 valence electrons. The number of hydrogen-bond donors (Lipinski definition) is 1. The predicted octanol–water partition coefficient (Wildman–Crippen LogP) is 3.85. The van der Waals surface area contributed by atoms with Crippen LogP contribution in [0.2, 0.25) is 0 Å². The molecule has 0 radical (unpaired) electrons. The van der Waals surface area contributed by atoms with Crippen LogP contribution in [-0.4, -0.2) is 19.1 Å². The molecule has 0 saturated heterocycles. The molecule has 1 N–H and O–H groups in total. The molecule has 6 nitrogen and oxygen atoms in total. The summed E-state index contributed by atoms with van der Waals surface area (Å²) in [4.78, 5) is 10.6. The lowest BCUT2D eigenvalue weighted by molar-refractivity contribution is -0.385. The number of para-hydroxylation sites is 1. The summed E-state index contributed by atoms with van der Waals surface area (Å²) >= 11 is 0.347. The number of nitrogens with zero attached hydrogens (tertiary/aromatic N) is 1. The Morgan fingerprint density at radius 3 is 2.33 bits per heavy atom. The highest BCUT2D eigenvalue weighted by Gasteiger charge is 2.19. The number of thioether (sulfide) groups is 1. The first-order valence-corrected chi connectivity index (χ1v) is 9.08. The second kappa shape index (κ2) is 7.58. The Kier molecular flexibility index (Phi) is 5.73. The second-order valence-corrected chi connectivity index (χ2v) is 7.44.